The monoisotopic (exact) mass is 278 g/mol. The summed E-state index contributed by atoms with van der Waals surface area (Å²) in [6.45, 7) is 4.28. The molecule has 1 saturated carbocycles. The highest BCUT2D eigenvalue weighted by Gasteiger charge is 2.33. The van der Waals surface area contributed by atoms with Crippen LogP contribution in [0.25, 0.3) is 0 Å². The zero-order chi connectivity index (χ0) is 14.7. The van der Waals surface area contributed by atoms with Crippen LogP contribution in [0.4, 0.5) is 0 Å². The van der Waals surface area contributed by atoms with E-state index in [1.165, 1.54) is 6.42 Å². The van der Waals surface area contributed by atoms with Crippen molar-refractivity contribution < 1.29 is 9.47 Å². The Morgan fingerprint density at radius 3 is 2.60 bits per heavy atom. The highest BCUT2D eigenvalue weighted by Crippen LogP contribution is 2.38. The molecule has 112 valence electrons. The number of hydrogen-bond donors (Lipinski definition) is 1. The van der Waals surface area contributed by atoms with Crippen LogP contribution < -0.4 is 15.2 Å². The largest absolute Gasteiger partial charge is 0.497 e. The highest BCUT2D eigenvalue weighted by molar-refractivity contribution is 5.42. The first-order valence-corrected chi connectivity index (χ1v) is 7.21. The number of likely N-dealkylation sites (N-methyl/N-ethyl adjacent to an activating group) is 1. The molecule has 0 spiro atoms. The molecular weight excluding hydrogens is 252 g/mol. The van der Waals surface area contributed by atoms with Gasteiger partial charge in [-0.05, 0) is 31.4 Å². The number of nitrogens with two attached hydrogens (primary N) is 1. The van der Waals surface area contributed by atoms with E-state index in [1.54, 1.807) is 14.2 Å². The molecule has 0 aliphatic heterocycles. The van der Waals surface area contributed by atoms with Crippen molar-refractivity contribution >= 4 is 0 Å². The normalized spacial score (nSPS) is 22.7. The second kappa shape index (κ2) is 6.46. The first-order valence-electron chi connectivity index (χ1n) is 7.21. The van der Waals surface area contributed by atoms with Crippen LogP contribution in [-0.2, 0) is 0 Å². The van der Waals surface area contributed by atoms with Crippen LogP contribution in [-0.4, -0.2) is 39.3 Å². The van der Waals surface area contributed by atoms with Crippen molar-refractivity contribution in [3.63, 3.8) is 0 Å². The van der Waals surface area contributed by atoms with E-state index in [1.807, 2.05) is 18.2 Å². The second-order valence-corrected chi connectivity index (χ2v) is 5.91. The van der Waals surface area contributed by atoms with Gasteiger partial charge in [-0.2, -0.15) is 0 Å². The van der Waals surface area contributed by atoms with E-state index < -0.39 is 0 Å². The Hall–Kier alpha value is -1.26. The Morgan fingerprint density at radius 1 is 1.35 bits per heavy atom. The number of ether oxygens (including phenoxy) is 2. The predicted molar refractivity (Wildman–Crippen MR) is 81.2 cm³/mol. The van der Waals surface area contributed by atoms with Crippen LogP contribution in [0.2, 0.25) is 0 Å². The minimum atomic E-state index is -0.0464. The summed E-state index contributed by atoms with van der Waals surface area (Å²) in [6, 6.07) is 5.77. The van der Waals surface area contributed by atoms with Gasteiger partial charge in [0.2, 0.25) is 0 Å². The maximum absolute atomic E-state index is 6.33. The molecule has 2 rings (SSSR count). The van der Waals surface area contributed by atoms with Crippen LogP contribution in [0.3, 0.4) is 0 Å². The number of rotatable bonds is 7. The summed E-state index contributed by atoms with van der Waals surface area (Å²) in [5.74, 6) is 3.32. The number of methoxy groups -OCH3 is 2. The average Bonchev–Trinajstić information content (AvgIpc) is 3.12. The van der Waals surface area contributed by atoms with Crippen molar-refractivity contribution in [3.05, 3.63) is 23.8 Å². The second-order valence-electron chi connectivity index (χ2n) is 5.91. The standard InChI is InChI=1S/C16H26N2O2/c1-11-7-12(11)9-18(2)10-15(17)14-6-5-13(19-3)8-16(14)20-4/h5-6,8,11-12,15H,7,9-10,17H2,1-4H3. The molecule has 0 aromatic heterocycles. The Kier molecular flexibility index (Phi) is 4.89. The Balaban J connectivity index is 1.98. The Labute approximate surface area is 121 Å². The molecule has 4 nitrogen and oxygen atoms in total. The SMILES string of the molecule is COc1ccc(C(N)CN(C)CC2CC2C)c(OC)c1. The van der Waals surface area contributed by atoms with E-state index in [9.17, 15) is 0 Å². The van der Waals surface area contributed by atoms with Gasteiger partial charge in [-0.25, -0.2) is 0 Å². The van der Waals surface area contributed by atoms with Gasteiger partial charge in [0.25, 0.3) is 0 Å². The zero-order valence-electron chi connectivity index (χ0n) is 12.9. The summed E-state index contributed by atoms with van der Waals surface area (Å²) in [7, 11) is 5.46. The fraction of sp³-hybridized carbons (Fsp3) is 0.625. The van der Waals surface area contributed by atoms with Crippen molar-refractivity contribution in [2.45, 2.75) is 19.4 Å². The minimum absolute atomic E-state index is 0.0464. The lowest BCUT2D eigenvalue weighted by atomic mass is 10.1. The van der Waals surface area contributed by atoms with Crippen LogP contribution in [0.5, 0.6) is 11.5 Å². The average molecular weight is 278 g/mol. The van der Waals surface area contributed by atoms with Gasteiger partial charge >= 0.3 is 0 Å². The van der Waals surface area contributed by atoms with Crippen molar-refractivity contribution in [2.75, 3.05) is 34.4 Å². The summed E-state index contributed by atoms with van der Waals surface area (Å²) < 4.78 is 10.6. The number of nitrogens with zero attached hydrogens (tertiary/aromatic N) is 1. The van der Waals surface area contributed by atoms with Gasteiger partial charge in [0.1, 0.15) is 11.5 Å². The van der Waals surface area contributed by atoms with Crippen molar-refractivity contribution in [1.29, 1.82) is 0 Å². The maximum Gasteiger partial charge on any atom is 0.127 e. The van der Waals surface area contributed by atoms with Gasteiger partial charge in [0, 0.05) is 30.8 Å². The molecule has 20 heavy (non-hydrogen) atoms. The third-order valence-electron chi connectivity index (χ3n) is 4.17. The topological polar surface area (TPSA) is 47.7 Å². The summed E-state index contributed by atoms with van der Waals surface area (Å²) in [5.41, 5.74) is 7.36. The van der Waals surface area contributed by atoms with Gasteiger partial charge in [-0.15, -0.1) is 0 Å². The van der Waals surface area contributed by atoms with Crippen LogP contribution in [0, 0.1) is 11.8 Å². The Morgan fingerprint density at radius 2 is 2.05 bits per heavy atom. The van der Waals surface area contributed by atoms with E-state index in [4.69, 9.17) is 15.2 Å². The lowest BCUT2D eigenvalue weighted by Crippen LogP contribution is -2.31. The molecule has 1 aromatic rings. The van der Waals surface area contributed by atoms with Gasteiger partial charge in [-0.3, -0.25) is 0 Å². The van der Waals surface area contributed by atoms with Crippen LogP contribution in [0.1, 0.15) is 24.9 Å². The van der Waals surface area contributed by atoms with Crippen molar-refractivity contribution in [1.82, 2.24) is 4.90 Å². The van der Waals surface area contributed by atoms with Crippen LogP contribution in [0.15, 0.2) is 18.2 Å². The zero-order valence-corrected chi connectivity index (χ0v) is 12.9. The van der Waals surface area contributed by atoms with Gasteiger partial charge in [0.15, 0.2) is 0 Å². The lowest BCUT2D eigenvalue weighted by molar-refractivity contribution is 0.292. The molecule has 0 radical (unpaired) electrons. The molecule has 0 bridgehead atoms. The number of benzene rings is 1. The van der Waals surface area contributed by atoms with E-state index in [0.717, 1.165) is 42.0 Å². The first-order chi connectivity index (χ1) is 9.55. The Bertz CT molecular complexity index is 450. The molecule has 1 fully saturated rings. The summed E-state index contributed by atoms with van der Waals surface area (Å²) in [6.07, 6.45) is 1.35. The van der Waals surface area contributed by atoms with Crippen LogP contribution >= 0.6 is 0 Å². The van der Waals surface area contributed by atoms with E-state index >= 15 is 0 Å². The predicted octanol–water partition coefficient (Wildman–Crippen LogP) is 2.29. The highest BCUT2D eigenvalue weighted by atomic mass is 16.5. The molecular formula is C16H26N2O2. The molecule has 1 aromatic carbocycles. The molecule has 2 N–H and O–H groups in total. The molecule has 3 unspecified atom stereocenters. The quantitative estimate of drug-likeness (QED) is 0.831. The summed E-state index contributed by atoms with van der Waals surface area (Å²) in [5, 5.41) is 0. The van der Waals surface area contributed by atoms with E-state index in [0.29, 0.717) is 0 Å². The van der Waals surface area contributed by atoms with E-state index in [2.05, 4.69) is 18.9 Å². The molecule has 3 atom stereocenters. The van der Waals surface area contributed by atoms with Gasteiger partial charge in [0.05, 0.1) is 14.2 Å². The van der Waals surface area contributed by atoms with Crippen molar-refractivity contribution in [3.8, 4) is 11.5 Å². The fourth-order valence-electron chi connectivity index (χ4n) is 2.69. The first kappa shape index (κ1) is 15.1. The van der Waals surface area contributed by atoms with Crippen molar-refractivity contribution in [2.24, 2.45) is 17.6 Å². The summed E-state index contributed by atoms with van der Waals surface area (Å²) >= 11 is 0. The van der Waals surface area contributed by atoms with Gasteiger partial charge < -0.3 is 20.1 Å². The third-order valence-corrected chi connectivity index (χ3v) is 4.17. The number of hydrogen-bond acceptors (Lipinski definition) is 4. The van der Waals surface area contributed by atoms with Gasteiger partial charge in [-0.1, -0.05) is 13.0 Å². The minimum Gasteiger partial charge on any atom is -0.497 e. The van der Waals surface area contributed by atoms with E-state index in [-0.39, 0.29) is 6.04 Å². The molecule has 4 heteroatoms. The molecule has 0 amide bonds. The maximum atomic E-state index is 6.33. The molecule has 1 aliphatic carbocycles. The smallest absolute Gasteiger partial charge is 0.127 e. The third kappa shape index (κ3) is 3.64. The molecule has 0 saturated heterocycles. The molecule has 0 heterocycles. The molecule has 1 aliphatic rings. The lowest BCUT2D eigenvalue weighted by Gasteiger charge is -2.23. The summed E-state index contributed by atoms with van der Waals surface area (Å²) in [4.78, 5) is 2.32. The fourth-order valence-corrected chi connectivity index (χ4v) is 2.69.